The van der Waals surface area contributed by atoms with Gasteiger partial charge in [0, 0.05) is 12.1 Å². The SMILES string of the molecule is CNC1CCC(C(C)(C)C)CC1Oc1ccc(F)cc1F. The minimum Gasteiger partial charge on any atom is -0.486 e. The van der Waals surface area contributed by atoms with E-state index in [0.29, 0.717) is 5.92 Å². The molecular weight excluding hydrogens is 272 g/mol. The number of hydrogen-bond acceptors (Lipinski definition) is 2. The molecule has 0 bridgehead atoms. The van der Waals surface area contributed by atoms with Gasteiger partial charge in [0.2, 0.25) is 0 Å². The fourth-order valence-corrected chi connectivity index (χ4v) is 3.11. The summed E-state index contributed by atoms with van der Waals surface area (Å²) < 4.78 is 32.6. The molecule has 1 aromatic rings. The molecule has 0 amide bonds. The van der Waals surface area contributed by atoms with Gasteiger partial charge < -0.3 is 10.1 Å². The average molecular weight is 297 g/mol. The van der Waals surface area contributed by atoms with Crippen LogP contribution in [0.1, 0.15) is 40.0 Å². The molecule has 1 aromatic carbocycles. The molecule has 4 heteroatoms. The van der Waals surface area contributed by atoms with Gasteiger partial charge in [0.15, 0.2) is 11.6 Å². The fourth-order valence-electron chi connectivity index (χ4n) is 3.11. The normalized spacial score (nSPS) is 26.7. The molecule has 118 valence electrons. The molecule has 1 saturated carbocycles. The largest absolute Gasteiger partial charge is 0.486 e. The van der Waals surface area contributed by atoms with Gasteiger partial charge in [-0.1, -0.05) is 20.8 Å². The molecule has 1 aliphatic carbocycles. The summed E-state index contributed by atoms with van der Waals surface area (Å²) in [5.74, 6) is -0.546. The molecule has 1 N–H and O–H groups in total. The molecular formula is C17H25F2NO. The van der Waals surface area contributed by atoms with Crippen LogP contribution in [0.5, 0.6) is 5.75 Å². The van der Waals surface area contributed by atoms with Crippen molar-refractivity contribution in [3.05, 3.63) is 29.8 Å². The van der Waals surface area contributed by atoms with Crippen LogP contribution >= 0.6 is 0 Å². The van der Waals surface area contributed by atoms with Gasteiger partial charge in [0.05, 0.1) is 0 Å². The Labute approximate surface area is 125 Å². The van der Waals surface area contributed by atoms with E-state index < -0.39 is 11.6 Å². The van der Waals surface area contributed by atoms with E-state index in [9.17, 15) is 8.78 Å². The summed E-state index contributed by atoms with van der Waals surface area (Å²) in [6, 6.07) is 3.68. The third-order valence-electron chi connectivity index (χ3n) is 4.56. The van der Waals surface area contributed by atoms with E-state index in [0.717, 1.165) is 25.3 Å². The molecule has 0 aliphatic heterocycles. The Morgan fingerprint density at radius 1 is 1.19 bits per heavy atom. The van der Waals surface area contributed by atoms with Crippen molar-refractivity contribution < 1.29 is 13.5 Å². The lowest BCUT2D eigenvalue weighted by molar-refractivity contribution is 0.0471. The van der Waals surface area contributed by atoms with Crippen LogP contribution in [0.25, 0.3) is 0 Å². The predicted molar refractivity (Wildman–Crippen MR) is 80.4 cm³/mol. The van der Waals surface area contributed by atoms with Crippen LogP contribution in [0.15, 0.2) is 18.2 Å². The minimum absolute atomic E-state index is 0.0899. The van der Waals surface area contributed by atoms with Gasteiger partial charge in [-0.25, -0.2) is 8.78 Å². The lowest BCUT2D eigenvalue weighted by Crippen LogP contribution is -2.47. The standard InChI is InChI=1S/C17H25F2NO/c1-17(2,3)11-5-7-14(20-4)16(9-11)21-15-8-6-12(18)10-13(15)19/h6,8,10-11,14,16,20H,5,7,9H2,1-4H3. The summed E-state index contributed by atoms with van der Waals surface area (Å²) in [6.07, 6.45) is 2.94. The van der Waals surface area contributed by atoms with E-state index in [1.165, 1.54) is 12.1 Å². The molecule has 1 fully saturated rings. The van der Waals surface area contributed by atoms with E-state index in [2.05, 4.69) is 26.1 Å². The summed E-state index contributed by atoms with van der Waals surface area (Å²) in [5, 5.41) is 3.26. The summed E-state index contributed by atoms with van der Waals surface area (Å²) in [6.45, 7) is 6.69. The third-order valence-corrected chi connectivity index (χ3v) is 4.56. The molecule has 0 radical (unpaired) electrons. The number of nitrogens with one attached hydrogen (secondary N) is 1. The van der Waals surface area contributed by atoms with Crippen LogP contribution in [0.4, 0.5) is 8.78 Å². The fraction of sp³-hybridized carbons (Fsp3) is 0.647. The number of hydrogen-bond donors (Lipinski definition) is 1. The van der Waals surface area contributed by atoms with Gasteiger partial charge in [0.25, 0.3) is 0 Å². The molecule has 0 heterocycles. The molecule has 1 aliphatic rings. The highest BCUT2D eigenvalue weighted by atomic mass is 19.1. The van der Waals surface area contributed by atoms with Crippen molar-refractivity contribution in [3.8, 4) is 5.75 Å². The van der Waals surface area contributed by atoms with Crippen LogP contribution < -0.4 is 10.1 Å². The number of benzene rings is 1. The first-order valence-electron chi connectivity index (χ1n) is 7.60. The molecule has 21 heavy (non-hydrogen) atoms. The highest BCUT2D eigenvalue weighted by molar-refractivity contribution is 5.25. The van der Waals surface area contributed by atoms with Gasteiger partial charge in [-0.2, -0.15) is 0 Å². The van der Waals surface area contributed by atoms with Crippen molar-refractivity contribution in [1.29, 1.82) is 0 Å². The number of ether oxygens (including phenoxy) is 1. The third kappa shape index (κ3) is 3.94. The smallest absolute Gasteiger partial charge is 0.167 e. The average Bonchev–Trinajstić information content (AvgIpc) is 2.41. The molecule has 0 saturated heterocycles. The van der Waals surface area contributed by atoms with Gasteiger partial charge in [0.1, 0.15) is 11.9 Å². The van der Waals surface area contributed by atoms with E-state index in [1.54, 1.807) is 0 Å². The van der Waals surface area contributed by atoms with Crippen molar-refractivity contribution >= 4 is 0 Å². The quantitative estimate of drug-likeness (QED) is 0.905. The summed E-state index contributed by atoms with van der Waals surface area (Å²) >= 11 is 0. The van der Waals surface area contributed by atoms with Crippen molar-refractivity contribution in [2.75, 3.05) is 7.05 Å². The zero-order valence-corrected chi connectivity index (χ0v) is 13.2. The van der Waals surface area contributed by atoms with Gasteiger partial charge in [-0.05, 0) is 49.8 Å². The van der Waals surface area contributed by atoms with Gasteiger partial charge >= 0.3 is 0 Å². The molecule has 0 spiro atoms. The first kappa shape index (κ1) is 16.2. The Bertz CT molecular complexity index is 484. The Morgan fingerprint density at radius 2 is 1.90 bits per heavy atom. The second-order valence-electron chi connectivity index (χ2n) is 7.00. The maximum absolute atomic E-state index is 13.8. The molecule has 2 rings (SSSR count). The van der Waals surface area contributed by atoms with Crippen LogP contribution in [0, 0.1) is 23.0 Å². The van der Waals surface area contributed by atoms with E-state index in [-0.39, 0.29) is 23.3 Å². The first-order chi connectivity index (χ1) is 9.81. The molecule has 3 atom stereocenters. The number of likely N-dealkylation sites (N-methyl/N-ethyl adjacent to an activating group) is 1. The van der Waals surface area contributed by atoms with Crippen molar-refractivity contribution in [1.82, 2.24) is 5.32 Å². The lowest BCUT2D eigenvalue weighted by Gasteiger charge is -2.41. The molecule has 2 nitrogen and oxygen atoms in total. The van der Waals surface area contributed by atoms with Crippen LogP contribution in [0.3, 0.4) is 0 Å². The Morgan fingerprint density at radius 3 is 2.48 bits per heavy atom. The van der Waals surface area contributed by atoms with Gasteiger partial charge in [-0.15, -0.1) is 0 Å². The van der Waals surface area contributed by atoms with E-state index in [1.807, 2.05) is 7.05 Å². The van der Waals surface area contributed by atoms with Crippen molar-refractivity contribution in [2.45, 2.75) is 52.2 Å². The van der Waals surface area contributed by atoms with Crippen molar-refractivity contribution in [2.24, 2.45) is 11.3 Å². The monoisotopic (exact) mass is 297 g/mol. The predicted octanol–water partition coefficient (Wildman–Crippen LogP) is 4.15. The number of rotatable bonds is 3. The Hall–Kier alpha value is -1.16. The number of halogens is 2. The van der Waals surface area contributed by atoms with Gasteiger partial charge in [-0.3, -0.25) is 0 Å². The first-order valence-corrected chi connectivity index (χ1v) is 7.60. The maximum atomic E-state index is 13.8. The summed E-state index contributed by atoms with van der Waals surface area (Å²) in [4.78, 5) is 0. The molecule has 3 unspecified atom stereocenters. The highest BCUT2D eigenvalue weighted by Gasteiger charge is 2.36. The highest BCUT2D eigenvalue weighted by Crippen LogP contribution is 2.39. The topological polar surface area (TPSA) is 21.3 Å². The second-order valence-corrected chi connectivity index (χ2v) is 7.00. The lowest BCUT2D eigenvalue weighted by atomic mass is 9.70. The van der Waals surface area contributed by atoms with Crippen molar-refractivity contribution in [3.63, 3.8) is 0 Å². The Kier molecular flexibility index (Phi) is 4.87. The second kappa shape index (κ2) is 6.30. The Balaban J connectivity index is 2.14. The zero-order valence-electron chi connectivity index (χ0n) is 13.2. The zero-order chi connectivity index (χ0) is 15.6. The molecule has 0 aromatic heterocycles. The van der Waals surface area contributed by atoms with Crippen LogP contribution in [0.2, 0.25) is 0 Å². The minimum atomic E-state index is -0.636. The summed E-state index contributed by atoms with van der Waals surface area (Å²) in [7, 11) is 1.90. The van der Waals surface area contributed by atoms with Crippen LogP contribution in [-0.2, 0) is 0 Å². The van der Waals surface area contributed by atoms with E-state index in [4.69, 9.17) is 4.74 Å². The van der Waals surface area contributed by atoms with E-state index >= 15 is 0 Å². The summed E-state index contributed by atoms with van der Waals surface area (Å²) in [5.41, 5.74) is 0.210. The van der Waals surface area contributed by atoms with Crippen LogP contribution in [-0.4, -0.2) is 19.2 Å². The maximum Gasteiger partial charge on any atom is 0.167 e.